The van der Waals surface area contributed by atoms with E-state index in [0.717, 1.165) is 19.3 Å². The van der Waals surface area contributed by atoms with Crippen LogP contribution < -0.4 is 4.74 Å². The maximum absolute atomic E-state index is 12.2. The van der Waals surface area contributed by atoms with Crippen molar-refractivity contribution in [2.75, 3.05) is 0 Å². The smallest absolute Gasteiger partial charge is 0.311 e. The van der Waals surface area contributed by atoms with Crippen LogP contribution in [-0.2, 0) is 4.79 Å². The van der Waals surface area contributed by atoms with E-state index in [1.165, 1.54) is 12.8 Å². The Labute approximate surface area is 179 Å². The number of carbonyl (C=O) groups excluding carboxylic acids is 2. The number of esters is 1. The first-order valence-electron chi connectivity index (χ1n) is 10.9. The minimum Gasteiger partial charge on any atom is -0.427 e. The molecule has 2 rings (SSSR count). The predicted molar refractivity (Wildman–Crippen MR) is 120 cm³/mol. The van der Waals surface area contributed by atoms with Gasteiger partial charge in [-0.05, 0) is 60.9 Å². The first-order valence-corrected chi connectivity index (χ1v) is 10.9. The Morgan fingerprint density at radius 2 is 1.47 bits per heavy atom. The van der Waals surface area contributed by atoms with Crippen LogP contribution in [0.4, 0.5) is 11.4 Å². The predicted octanol–water partition coefficient (Wildman–Crippen LogP) is 7.60. The molecule has 0 aliphatic carbocycles. The molecule has 0 radical (unpaired) electrons. The first-order chi connectivity index (χ1) is 14.5. The summed E-state index contributed by atoms with van der Waals surface area (Å²) in [6, 6.07) is 14.1. The standard InChI is InChI=1S/C25H32N2O3/c1-4-6-7-8-9-24(28)20-10-12-21(13-11-20)26-27-22-14-16-23(17-15-22)30-25(29)18-19(3)5-2/h10-17,19H,4-9,18H2,1-3H3. The Balaban J connectivity index is 1.86. The van der Waals surface area contributed by atoms with Gasteiger partial charge in [-0.2, -0.15) is 10.2 Å². The van der Waals surface area contributed by atoms with E-state index >= 15 is 0 Å². The number of hydrogen-bond acceptors (Lipinski definition) is 5. The van der Waals surface area contributed by atoms with Crippen LogP contribution in [0, 0.1) is 5.92 Å². The molecule has 5 heteroatoms. The van der Waals surface area contributed by atoms with Crippen molar-refractivity contribution < 1.29 is 14.3 Å². The summed E-state index contributed by atoms with van der Waals surface area (Å²) in [7, 11) is 0. The highest BCUT2D eigenvalue weighted by molar-refractivity contribution is 5.96. The van der Waals surface area contributed by atoms with E-state index in [9.17, 15) is 9.59 Å². The van der Waals surface area contributed by atoms with Crippen molar-refractivity contribution in [3.63, 3.8) is 0 Å². The maximum atomic E-state index is 12.2. The van der Waals surface area contributed by atoms with Gasteiger partial charge in [-0.1, -0.05) is 46.5 Å². The summed E-state index contributed by atoms with van der Waals surface area (Å²) in [5, 5.41) is 8.41. The normalized spacial score (nSPS) is 12.1. The second-order valence-corrected chi connectivity index (χ2v) is 7.67. The average Bonchev–Trinajstić information content (AvgIpc) is 2.76. The highest BCUT2D eigenvalue weighted by Crippen LogP contribution is 2.22. The van der Waals surface area contributed by atoms with E-state index in [0.29, 0.717) is 41.4 Å². The third kappa shape index (κ3) is 8.27. The summed E-state index contributed by atoms with van der Waals surface area (Å²) in [5.41, 5.74) is 2.06. The molecule has 2 aromatic rings. The second-order valence-electron chi connectivity index (χ2n) is 7.67. The summed E-state index contributed by atoms with van der Waals surface area (Å²) < 4.78 is 5.34. The van der Waals surface area contributed by atoms with Crippen LogP contribution >= 0.6 is 0 Å². The van der Waals surface area contributed by atoms with Gasteiger partial charge >= 0.3 is 5.97 Å². The molecular formula is C25H32N2O3. The van der Waals surface area contributed by atoms with Crippen molar-refractivity contribution in [3.8, 4) is 5.75 Å². The molecule has 0 saturated heterocycles. The van der Waals surface area contributed by atoms with E-state index in [4.69, 9.17) is 4.74 Å². The molecule has 0 fully saturated rings. The number of hydrogen-bond donors (Lipinski definition) is 0. The second kappa shape index (κ2) is 12.7. The molecule has 0 heterocycles. The van der Waals surface area contributed by atoms with Gasteiger partial charge in [-0.15, -0.1) is 0 Å². The lowest BCUT2D eigenvalue weighted by Gasteiger charge is -2.08. The van der Waals surface area contributed by atoms with Gasteiger partial charge in [0.1, 0.15) is 5.75 Å². The Morgan fingerprint density at radius 3 is 2.03 bits per heavy atom. The zero-order chi connectivity index (χ0) is 21.8. The fourth-order valence-electron chi connectivity index (χ4n) is 2.87. The van der Waals surface area contributed by atoms with Crippen LogP contribution in [0.25, 0.3) is 0 Å². The fourth-order valence-corrected chi connectivity index (χ4v) is 2.87. The molecule has 0 saturated carbocycles. The van der Waals surface area contributed by atoms with Crippen molar-refractivity contribution >= 4 is 23.1 Å². The minimum absolute atomic E-state index is 0.174. The molecule has 160 valence electrons. The molecule has 0 N–H and O–H groups in total. The highest BCUT2D eigenvalue weighted by Gasteiger charge is 2.09. The van der Waals surface area contributed by atoms with Crippen LogP contribution in [0.1, 0.15) is 76.1 Å². The molecule has 1 unspecified atom stereocenters. The number of benzene rings is 2. The zero-order valence-electron chi connectivity index (χ0n) is 18.3. The van der Waals surface area contributed by atoms with Crippen molar-refractivity contribution in [1.82, 2.24) is 0 Å². The van der Waals surface area contributed by atoms with Crippen LogP contribution in [0.5, 0.6) is 5.75 Å². The van der Waals surface area contributed by atoms with Gasteiger partial charge in [-0.25, -0.2) is 0 Å². The third-order valence-corrected chi connectivity index (χ3v) is 5.01. The monoisotopic (exact) mass is 408 g/mol. The topological polar surface area (TPSA) is 68.1 Å². The number of ether oxygens (including phenoxy) is 1. The van der Waals surface area contributed by atoms with Crippen LogP contribution in [-0.4, -0.2) is 11.8 Å². The lowest BCUT2D eigenvalue weighted by atomic mass is 10.0. The Hall–Kier alpha value is -2.82. The molecule has 30 heavy (non-hydrogen) atoms. The summed E-state index contributed by atoms with van der Waals surface area (Å²) in [6.07, 6.45) is 6.34. The van der Waals surface area contributed by atoms with E-state index in [1.54, 1.807) is 48.5 Å². The lowest BCUT2D eigenvalue weighted by Crippen LogP contribution is -2.11. The van der Waals surface area contributed by atoms with Gasteiger partial charge in [0, 0.05) is 18.4 Å². The highest BCUT2D eigenvalue weighted by atomic mass is 16.5. The molecule has 2 aromatic carbocycles. The first kappa shape index (κ1) is 23.5. The lowest BCUT2D eigenvalue weighted by molar-refractivity contribution is -0.135. The summed E-state index contributed by atoms with van der Waals surface area (Å²) in [5.74, 6) is 0.768. The van der Waals surface area contributed by atoms with E-state index in [2.05, 4.69) is 24.1 Å². The van der Waals surface area contributed by atoms with Crippen LogP contribution in [0.15, 0.2) is 58.8 Å². The van der Waals surface area contributed by atoms with Crippen LogP contribution in [0.2, 0.25) is 0 Å². The third-order valence-electron chi connectivity index (χ3n) is 5.01. The number of nitrogens with zero attached hydrogens (tertiary/aromatic N) is 2. The molecule has 0 aliphatic rings. The fraction of sp³-hybridized carbons (Fsp3) is 0.440. The molecule has 5 nitrogen and oxygen atoms in total. The van der Waals surface area contributed by atoms with E-state index < -0.39 is 0 Å². The molecule has 0 aromatic heterocycles. The summed E-state index contributed by atoms with van der Waals surface area (Å²) in [4.78, 5) is 24.0. The summed E-state index contributed by atoms with van der Waals surface area (Å²) >= 11 is 0. The molecule has 0 aliphatic heterocycles. The molecule has 0 bridgehead atoms. The van der Waals surface area contributed by atoms with Crippen molar-refractivity contribution in [2.45, 2.75) is 65.7 Å². The van der Waals surface area contributed by atoms with Gasteiger partial charge in [0.05, 0.1) is 11.4 Å². The molecular weight excluding hydrogens is 376 g/mol. The number of azo groups is 1. The van der Waals surface area contributed by atoms with Gasteiger partial charge < -0.3 is 4.74 Å². The van der Waals surface area contributed by atoms with Gasteiger partial charge in [0.2, 0.25) is 0 Å². The molecule has 0 spiro atoms. The van der Waals surface area contributed by atoms with Crippen molar-refractivity contribution in [3.05, 3.63) is 54.1 Å². The van der Waals surface area contributed by atoms with E-state index in [1.807, 2.05) is 6.92 Å². The molecule has 0 amide bonds. The van der Waals surface area contributed by atoms with E-state index in [-0.39, 0.29) is 11.8 Å². The van der Waals surface area contributed by atoms with Crippen molar-refractivity contribution in [1.29, 1.82) is 0 Å². The minimum atomic E-state index is -0.223. The number of carbonyl (C=O) groups is 2. The summed E-state index contributed by atoms with van der Waals surface area (Å²) in [6.45, 7) is 6.24. The quantitative estimate of drug-likeness (QED) is 0.119. The largest absolute Gasteiger partial charge is 0.427 e. The molecule has 1 atom stereocenters. The maximum Gasteiger partial charge on any atom is 0.311 e. The SMILES string of the molecule is CCCCCCC(=O)c1ccc(N=Nc2ccc(OC(=O)CC(C)CC)cc2)cc1. The Kier molecular flexibility index (Phi) is 9.92. The zero-order valence-corrected chi connectivity index (χ0v) is 18.3. The average molecular weight is 409 g/mol. The number of rotatable bonds is 12. The number of ketones is 1. The Bertz CT molecular complexity index is 826. The van der Waals surface area contributed by atoms with Gasteiger partial charge in [-0.3, -0.25) is 9.59 Å². The number of unbranched alkanes of at least 4 members (excludes halogenated alkanes) is 3. The Morgan fingerprint density at radius 1 is 0.867 bits per heavy atom. The van der Waals surface area contributed by atoms with Crippen molar-refractivity contribution in [2.24, 2.45) is 16.1 Å². The van der Waals surface area contributed by atoms with Crippen LogP contribution in [0.3, 0.4) is 0 Å². The van der Waals surface area contributed by atoms with Gasteiger partial charge in [0.15, 0.2) is 5.78 Å². The number of Topliss-reactive ketones (excluding diaryl/α,β-unsaturated/α-hetero) is 1. The van der Waals surface area contributed by atoms with Gasteiger partial charge in [0.25, 0.3) is 0 Å².